The molecule has 4 aromatic carbocycles. The molecular formula is C28H18. The molecule has 2 aliphatic carbocycles. The highest BCUT2D eigenvalue weighted by molar-refractivity contribution is 6.32. The number of benzene rings is 4. The van der Waals surface area contributed by atoms with Crippen molar-refractivity contribution in [3.8, 4) is 11.1 Å². The van der Waals surface area contributed by atoms with Crippen molar-refractivity contribution in [1.82, 2.24) is 0 Å². The Labute approximate surface area is 165 Å². The Kier molecular flexibility index (Phi) is 3.27. The molecule has 0 unspecified atom stereocenters. The van der Waals surface area contributed by atoms with Gasteiger partial charge in [-0.25, -0.2) is 0 Å². The van der Waals surface area contributed by atoms with E-state index in [9.17, 15) is 0 Å². The Morgan fingerprint density at radius 1 is 0.250 bits per heavy atom. The van der Waals surface area contributed by atoms with Crippen LogP contribution >= 0.6 is 0 Å². The monoisotopic (exact) mass is 354 g/mol. The van der Waals surface area contributed by atoms with E-state index in [-0.39, 0.29) is 0 Å². The van der Waals surface area contributed by atoms with E-state index in [4.69, 9.17) is 0 Å². The van der Waals surface area contributed by atoms with Crippen LogP contribution in [0.3, 0.4) is 0 Å². The van der Waals surface area contributed by atoms with E-state index in [1.807, 2.05) is 0 Å². The minimum atomic E-state index is 1.30. The van der Waals surface area contributed by atoms with Crippen molar-refractivity contribution in [2.24, 2.45) is 0 Å². The summed E-state index contributed by atoms with van der Waals surface area (Å²) in [5.74, 6) is 0. The molecule has 2 aliphatic rings. The van der Waals surface area contributed by atoms with Crippen molar-refractivity contribution >= 4 is 16.7 Å². The fourth-order valence-electron chi connectivity index (χ4n) is 4.51. The van der Waals surface area contributed by atoms with Crippen LogP contribution in [0.1, 0.15) is 22.3 Å². The van der Waals surface area contributed by atoms with Crippen LogP contribution in [0.5, 0.6) is 0 Å². The minimum Gasteiger partial charge on any atom is -0.0622 e. The van der Waals surface area contributed by atoms with E-state index >= 15 is 0 Å². The maximum atomic E-state index is 2.27. The van der Waals surface area contributed by atoms with E-state index in [0.29, 0.717) is 0 Å². The van der Waals surface area contributed by atoms with Gasteiger partial charge in [-0.15, -0.1) is 0 Å². The zero-order valence-corrected chi connectivity index (χ0v) is 15.4. The maximum Gasteiger partial charge on any atom is -0.000138 e. The first kappa shape index (κ1) is 15.4. The van der Waals surface area contributed by atoms with Gasteiger partial charge >= 0.3 is 0 Å². The zero-order chi connectivity index (χ0) is 18.5. The third-order valence-electron chi connectivity index (χ3n) is 5.75. The first-order valence-electron chi connectivity index (χ1n) is 9.73. The molecule has 0 bridgehead atoms. The van der Waals surface area contributed by atoms with E-state index in [1.165, 1.54) is 55.7 Å². The van der Waals surface area contributed by atoms with Crippen LogP contribution in [0.2, 0.25) is 0 Å². The molecule has 0 N–H and O–H groups in total. The molecule has 0 atom stereocenters. The molecule has 0 aromatic heterocycles. The lowest BCUT2D eigenvalue weighted by molar-refractivity contribution is 1.62. The fourth-order valence-corrected chi connectivity index (χ4v) is 4.51. The van der Waals surface area contributed by atoms with Crippen LogP contribution in [-0.2, 0) is 0 Å². The van der Waals surface area contributed by atoms with Gasteiger partial charge in [0.05, 0.1) is 0 Å². The lowest BCUT2D eigenvalue weighted by Gasteiger charge is -2.04. The van der Waals surface area contributed by atoms with Gasteiger partial charge in [-0.05, 0) is 55.7 Å². The van der Waals surface area contributed by atoms with Crippen molar-refractivity contribution in [2.45, 2.75) is 0 Å². The van der Waals surface area contributed by atoms with E-state index in [1.54, 1.807) is 0 Å². The van der Waals surface area contributed by atoms with E-state index in [0.717, 1.165) is 0 Å². The Morgan fingerprint density at radius 2 is 0.607 bits per heavy atom. The summed E-state index contributed by atoms with van der Waals surface area (Å²) in [6, 6.07) is 39.2. The zero-order valence-electron chi connectivity index (χ0n) is 15.4. The summed E-state index contributed by atoms with van der Waals surface area (Å²) >= 11 is 0. The molecule has 28 heavy (non-hydrogen) atoms. The average Bonchev–Trinajstić information content (AvgIpc) is 3.42. The molecule has 4 aromatic rings. The van der Waals surface area contributed by atoms with E-state index in [2.05, 4.69) is 109 Å². The van der Waals surface area contributed by atoms with Crippen molar-refractivity contribution < 1.29 is 0 Å². The molecule has 0 spiro atoms. The lowest BCUT2D eigenvalue weighted by Crippen LogP contribution is -1.84. The third-order valence-corrected chi connectivity index (χ3v) is 5.75. The Bertz CT molecular complexity index is 1170. The van der Waals surface area contributed by atoms with Crippen molar-refractivity contribution in [3.05, 3.63) is 137 Å². The lowest BCUT2D eigenvalue weighted by atomic mass is 9.99. The van der Waals surface area contributed by atoms with Gasteiger partial charge < -0.3 is 0 Å². The number of hydrogen-bond acceptors (Lipinski definition) is 0. The van der Waals surface area contributed by atoms with Crippen LogP contribution in [0.4, 0.5) is 0 Å². The standard InChI is InChI=1S/C28H18/c1-3-11-19(12-4-1)25-26(20-13-5-2-6-14-20)28(25)27-23-17-9-7-15-21(23)22-16-8-10-18-24(22)27/h1-18H. The molecule has 130 valence electrons. The molecule has 0 radical (unpaired) electrons. The number of rotatable bonds is 2. The topological polar surface area (TPSA) is 0 Å². The molecular weight excluding hydrogens is 336 g/mol. The first-order chi connectivity index (χ1) is 13.9. The number of allylic oxidation sites excluding steroid dienone is 3. The fraction of sp³-hybridized carbons (Fsp3) is 0. The number of hydrogen-bond donors (Lipinski definition) is 0. The summed E-state index contributed by atoms with van der Waals surface area (Å²) in [5.41, 5.74) is 13.5. The highest BCUT2D eigenvalue weighted by Crippen LogP contribution is 2.60. The van der Waals surface area contributed by atoms with Crippen LogP contribution in [0.15, 0.2) is 115 Å². The largest absolute Gasteiger partial charge is 0.0622 e. The summed E-state index contributed by atoms with van der Waals surface area (Å²) in [6.45, 7) is 0. The smallest absolute Gasteiger partial charge is 0.000138 e. The van der Waals surface area contributed by atoms with E-state index < -0.39 is 0 Å². The van der Waals surface area contributed by atoms with Crippen molar-refractivity contribution in [1.29, 1.82) is 0 Å². The number of fused-ring (bicyclic) bond motifs is 3. The maximum absolute atomic E-state index is 2.27. The SMILES string of the molecule is c1ccc(C2=C(c3ccccc3)C2=C2c3ccccc3-c3ccccc32)cc1. The molecule has 0 amide bonds. The molecule has 0 aliphatic heterocycles. The van der Waals surface area contributed by atoms with Gasteiger partial charge in [-0.3, -0.25) is 0 Å². The van der Waals surface area contributed by atoms with Crippen LogP contribution in [-0.4, -0.2) is 0 Å². The summed E-state index contributed by atoms with van der Waals surface area (Å²) in [6.07, 6.45) is 0. The summed E-state index contributed by atoms with van der Waals surface area (Å²) < 4.78 is 0. The highest BCUT2D eigenvalue weighted by atomic mass is 14.4. The molecule has 0 fully saturated rings. The van der Waals surface area contributed by atoms with Gasteiger partial charge in [-0.1, -0.05) is 109 Å². The summed E-state index contributed by atoms with van der Waals surface area (Å²) in [5, 5.41) is 0. The first-order valence-corrected chi connectivity index (χ1v) is 9.73. The minimum absolute atomic E-state index is 1.30. The van der Waals surface area contributed by atoms with Crippen molar-refractivity contribution in [3.63, 3.8) is 0 Å². The molecule has 0 heteroatoms. The second-order valence-electron chi connectivity index (χ2n) is 7.32. The predicted octanol–water partition coefficient (Wildman–Crippen LogP) is 7.09. The Hall–Kier alpha value is -3.64. The quantitative estimate of drug-likeness (QED) is 0.317. The predicted molar refractivity (Wildman–Crippen MR) is 118 cm³/mol. The average molecular weight is 354 g/mol. The highest BCUT2D eigenvalue weighted by Gasteiger charge is 2.38. The van der Waals surface area contributed by atoms with Gasteiger partial charge in [0, 0.05) is 0 Å². The summed E-state index contributed by atoms with van der Waals surface area (Å²) in [4.78, 5) is 0. The second-order valence-corrected chi connectivity index (χ2v) is 7.32. The van der Waals surface area contributed by atoms with Crippen LogP contribution < -0.4 is 0 Å². The Balaban J connectivity index is 1.65. The normalized spacial score (nSPS) is 14.1. The second kappa shape index (κ2) is 5.94. The molecule has 0 saturated heterocycles. The molecule has 6 rings (SSSR count). The van der Waals surface area contributed by atoms with Gasteiger partial charge in [-0.2, -0.15) is 0 Å². The van der Waals surface area contributed by atoms with Crippen LogP contribution in [0, 0.1) is 0 Å². The van der Waals surface area contributed by atoms with Gasteiger partial charge in [0.25, 0.3) is 0 Å². The van der Waals surface area contributed by atoms with Crippen LogP contribution in [0.25, 0.3) is 27.8 Å². The molecule has 0 nitrogen and oxygen atoms in total. The van der Waals surface area contributed by atoms with Gasteiger partial charge in [0.1, 0.15) is 0 Å². The van der Waals surface area contributed by atoms with Gasteiger partial charge in [0.2, 0.25) is 0 Å². The van der Waals surface area contributed by atoms with Crippen molar-refractivity contribution in [2.75, 3.05) is 0 Å². The molecule has 0 saturated carbocycles. The molecule has 0 heterocycles. The third kappa shape index (κ3) is 2.18. The van der Waals surface area contributed by atoms with Gasteiger partial charge in [0.15, 0.2) is 0 Å². The Morgan fingerprint density at radius 3 is 1.04 bits per heavy atom. The summed E-state index contributed by atoms with van der Waals surface area (Å²) in [7, 11) is 0.